The Kier molecular flexibility index (Phi) is 3.70. The number of rotatable bonds is 4. The van der Waals surface area contributed by atoms with E-state index in [1.807, 2.05) is 0 Å². The van der Waals surface area contributed by atoms with Crippen molar-refractivity contribution < 1.29 is 0 Å². The van der Waals surface area contributed by atoms with Gasteiger partial charge in [-0.1, -0.05) is 5.11 Å². The molecule has 0 fully saturated rings. The number of nitrogens with zero attached hydrogens (tertiary/aromatic N) is 9. The van der Waals surface area contributed by atoms with Gasteiger partial charge in [-0.15, -0.1) is 0 Å². The number of nitrogens with one attached hydrogen (secondary N) is 1. The lowest BCUT2D eigenvalue weighted by molar-refractivity contribution is 0.860. The maximum absolute atomic E-state index is 8.95. The third kappa shape index (κ3) is 2.72. The molecule has 3 heterocycles. The third-order valence-corrected chi connectivity index (χ3v) is 3.04. The molecule has 23 heavy (non-hydrogen) atoms. The van der Waals surface area contributed by atoms with Gasteiger partial charge in [0.2, 0.25) is 0 Å². The average Bonchev–Trinajstić information content (AvgIpc) is 3.00. The van der Waals surface area contributed by atoms with Gasteiger partial charge in [0.1, 0.15) is 12.4 Å². The molecule has 10 nitrogen and oxygen atoms in total. The zero-order valence-electron chi connectivity index (χ0n) is 12.0. The molecule has 1 N–H and O–H groups in total. The minimum atomic E-state index is -0.463. The minimum Gasteiger partial charge on any atom is -0.370 e. The van der Waals surface area contributed by atoms with Crippen LogP contribution in [-0.2, 0) is 0 Å². The quantitative estimate of drug-likeness (QED) is 0.446. The first-order valence-corrected chi connectivity index (χ1v) is 6.58. The fraction of sp³-hybridized carbons (Fsp3) is 0.154. The zero-order valence-corrected chi connectivity index (χ0v) is 12.0. The lowest BCUT2D eigenvalue weighted by Gasteiger charge is -2.12. The van der Waals surface area contributed by atoms with Crippen molar-refractivity contribution in [1.82, 2.24) is 24.7 Å². The van der Waals surface area contributed by atoms with Gasteiger partial charge in [0, 0.05) is 23.4 Å². The summed E-state index contributed by atoms with van der Waals surface area (Å²) in [5, 5.41) is 20.5. The summed E-state index contributed by atoms with van der Waals surface area (Å²) in [6.45, 7) is 1.69. The second kappa shape index (κ2) is 5.97. The molecule has 0 aliphatic carbocycles. The predicted molar refractivity (Wildman–Crippen MR) is 82.0 cm³/mol. The number of anilines is 1. The average molecular weight is 306 g/mol. The maximum atomic E-state index is 8.95. The summed E-state index contributed by atoms with van der Waals surface area (Å²) in [6.07, 6.45) is 6.11. The van der Waals surface area contributed by atoms with Crippen molar-refractivity contribution in [1.29, 1.82) is 5.26 Å². The smallest absolute Gasteiger partial charge is 0.167 e. The summed E-state index contributed by atoms with van der Waals surface area (Å²) in [4.78, 5) is 15.1. The second-order valence-corrected chi connectivity index (χ2v) is 4.60. The number of fused-ring (bicyclic) bond motifs is 1. The Bertz CT molecular complexity index is 947. The SMILES string of the molecule is CC(C#N)Nc1cc(-n2ncc3cncnc32)ncc1N=[N+]=[N-]. The molecule has 0 aliphatic rings. The molecule has 3 aromatic rings. The lowest BCUT2D eigenvalue weighted by atomic mass is 10.3. The van der Waals surface area contributed by atoms with E-state index in [1.165, 1.54) is 12.5 Å². The van der Waals surface area contributed by atoms with Gasteiger partial charge in [-0.05, 0) is 12.5 Å². The molecule has 0 amide bonds. The Morgan fingerprint density at radius 3 is 3.04 bits per heavy atom. The van der Waals surface area contributed by atoms with Gasteiger partial charge in [-0.25, -0.2) is 15.0 Å². The Labute approximate surface area is 130 Å². The Morgan fingerprint density at radius 2 is 2.26 bits per heavy atom. The Morgan fingerprint density at radius 1 is 1.39 bits per heavy atom. The molecule has 10 heteroatoms. The van der Waals surface area contributed by atoms with Gasteiger partial charge in [0.05, 0.1) is 29.0 Å². The summed E-state index contributed by atoms with van der Waals surface area (Å²) in [5.41, 5.74) is 10.0. The van der Waals surface area contributed by atoms with Crippen molar-refractivity contribution in [2.75, 3.05) is 5.32 Å². The highest BCUT2D eigenvalue weighted by Gasteiger charge is 2.11. The Balaban J connectivity index is 2.12. The van der Waals surface area contributed by atoms with E-state index in [-0.39, 0.29) is 0 Å². The van der Waals surface area contributed by atoms with Crippen LogP contribution in [-0.4, -0.2) is 30.8 Å². The number of nitriles is 1. The van der Waals surface area contributed by atoms with E-state index in [2.05, 4.69) is 41.5 Å². The van der Waals surface area contributed by atoms with Crippen LogP contribution in [0.1, 0.15) is 6.92 Å². The summed E-state index contributed by atoms with van der Waals surface area (Å²) in [7, 11) is 0. The summed E-state index contributed by atoms with van der Waals surface area (Å²) < 4.78 is 1.54. The molecule has 0 saturated carbocycles. The minimum absolute atomic E-state index is 0.296. The molecule has 3 rings (SSSR count). The summed E-state index contributed by atoms with van der Waals surface area (Å²) in [5.74, 6) is 0.475. The van der Waals surface area contributed by atoms with E-state index < -0.39 is 6.04 Å². The highest BCUT2D eigenvalue weighted by molar-refractivity contribution is 5.75. The number of pyridine rings is 1. The van der Waals surface area contributed by atoms with Crippen molar-refractivity contribution in [3.63, 3.8) is 0 Å². The maximum Gasteiger partial charge on any atom is 0.167 e. The molecule has 0 aliphatic heterocycles. The highest BCUT2D eigenvalue weighted by atomic mass is 15.3. The van der Waals surface area contributed by atoms with Crippen LogP contribution >= 0.6 is 0 Å². The van der Waals surface area contributed by atoms with Crippen LogP contribution in [0.3, 0.4) is 0 Å². The molecule has 0 aromatic carbocycles. The summed E-state index contributed by atoms with van der Waals surface area (Å²) in [6, 6.07) is 3.24. The standard InChI is InChI=1S/C13H10N10/c1-8(3-14)20-10-2-12(17-6-11(10)21-22-15)23-13-9(5-19-23)4-16-7-18-13/h2,4-8H,1H3,(H,17,20). The second-order valence-electron chi connectivity index (χ2n) is 4.60. The van der Waals surface area contributed by atoms with Crippen molar-refractivity contribution in [3.05, 3.63) is 41.4 Å². The van der Waals surface area contributed by atoms with E-state index in [4.69, 9.17) is 10.8 Å². The molecule has 0 spiro atoms. The normalized spacial score (nSPS) is 11.5. The number of aromatic nitrogens is 5. The molecular weight excluding hydrogens is 296 g/mol. The van der Waals surface area contributed by atoms with Crippen LogP contribution in [0, 0.1) is 11.3 Å². The van der Waals surface area contributed by atoms with Crippen LogP contribution in [0.25, 0.3) is 27.3 Å². The van der Waals surface area contributed by atoms with Gasteiger partial charge in [0.25, 0.3) is 0 Å². The van der Waals surface area contributed by atoms with Crippen molar-refractivity contribution in [3.8, 4) is 11.9 Å². The van der Waals surface area contributed by atoms with Crippen LogP contribution in [0.2, 0.25) is 0 Å². The fourth-order valence-electron chi connectivity index (χ4n) is 2.01. The van der Waals surface area contributed by atoms with Gasteiger partial charge in [-0.3, -0.25) is 0 Å². The molecule has 1 unspecified atom stereocenters. The molecule has 0 bridgehead atoms. The molecule has 1 atom stereocenters. The highest BCUT2D eigenvalue weighted by Crippen LogP contribution is 2.27. The largest absolute Gasteiger partial charge is 0.370 e. The number of hydrogen-bond donors (Lipinski definition) is 1. The van der Waals surface area contributed by atoms with Gasteiger partial charge in [0.15, 0.2) is 11.5 Å². The van der Waals surface area contributed by atoms with Crippen LogP contribution in [0.15, 0.2) is 36.1 Å². The Hall–Kier alpha value is -3.70. The van der Waals surface area contributed by atoms with E-state index in [0.717, 1.165) is 5.39 Å². The zero-order chi connectivity index (χ0) is 16.2. The molecule has 3 aromatic heterocycles. The van der Waals surface area contributed by atoms with Crippen molar-refractivity contribution in [2.24, 2.45) is 5.11 Å². The summed E-state index contributed by atoms with van der Waals surface area (Å²) >= 11 is 0. The number of azide groups is 1. The first kappa shape index (κ1) is 14.2. The van der Waals surface area contributed by atoms with Crippen LogP contribution < -0.4 is 5.32 Å². The van der Waals surface area contributed by atoms with Gasteiger partial charge in [-0.2, -0.15) is 15.0 Å². The lowest BCUT2D eigenvalue weighted by Crippen LogP contribution is -2.13. The van der Waals surface area contributed by atoms with Gasteiger partial charge >= 0.3 is 0 Å². The van der Waals surface area contributed by atoms with E-state index in [9.17, 15) is 0 Å². The van der Waals surface area contributed by atoms with E-state index >= 15 is 0 Å². The first-order chi connectivity index (χ1) is 11.2. The van der Waals surface area contributed by atoms with E-state index in [0.29, 0.717) is 22.8 Å². The topological polar surface area (TPSA) is 141 Å². The van der Waals surface area contributed by atoms with Crippen LogP contribution in [0.5, 0.6) is 0 Å². The van der Waals surface area contributed by atoms with Gasteiger partial charge < -0.3 is 5.32 Å². The van der Waals surface area contributed by atoms with Crippen LogP contribution in [0.4, 0.5) is 11.4 Å². The fourth-order valence-corrected chi connectivity index (χ4v) is 2.01. The molecule has 0 radical (unpaired) electrons. The van der Waals surface area contributed by atoms with Crippen molar-refractivity contribution in [2.45, 2.75) is 13.0 Å². The first-order valence-electron chi connectivity index (χ1n) is 6.58. The predicted octanol–water partition coefficient (Wildman–Crippen LogP) is 2.48. The molecular formula is C13H10N10. The molecule has 112 valence electrons. The van der Waals surface area contributed by atoms with E-state index in [1.54, 1.807) is 30.1 Å². The van der Waals surface area contributed by atoms with Crippen molar-refractivity contribution >= 4 is 22.4 Å². The number of hydrogen-bond acceptors (Lipinski definition) is 7. The molecule has 0 saturated heterocycles. The monoisotopic (exact) mass is 306 g/mol. The third-order valence-electron chi connectivity index (χ3n) is 3.04.